The normalized spacial score (nSPS) is 12.5. The third kappa shape index (κ3) is 3.28. The smallest absolute Gasteiger partial charge is 0.248 e. The Morgan fingerprint density at radius 2 is 1.58 bits per heavy atom. The van der Waals surface area contributed by atoms with Gasteiger partial charge >= 0.3 is 6.18 Å². The maximum absolute atomic E-state index is 13.1. The van der Waals surface area contributed by atoms with Gasteiger partial charge in [0.2, 0.25) is 0 Å². The Morgan fingerprint density at radius 3 is 2.25 bits per heavy atom. The van der Waals surface area contributed by atoms with E-state index in [2.05, 4.69) is 4.98 Å². The van der Waals surface area contributed by atoms with E-state index in [0.29, 0.717) is 5.56 Å². The Balaban J connectivity index is 1.93. The number of hydrogen-bond donors (Lipinski definition) is 0. The van der Waals surface area contributed by atoms with Crippen LogP contribution in [0.2, 0.25) is 0 Å². The van der Waals surface area contributed by atoms with Crippen molar-refractivity contribution in [3.05, 3.63) is 66.2 Å². The fourth-order valence-electron chi connectivity index (χ4n) is 2.67. The second-order valence-electron chi connectivity index (χ2n) is 6.65. The molecule has 0 fully saturated rings. The van der Waals surface area contributed by atoms with E-state index >= 15 is 0 Å². The summed E-state index contributed by atoms with van der Waals surface area (Å²) in [4.78, 5) is 4.61. The summed E-state index contributed by atoms with van der Waals surface area (Å²) in [6, 6.07) is 18.9. The molecule has 0 unspecified atom stereocenters. The van der Waals surface area contributed by atoms with Crippen LogP contribution in [0.5, 0.6) is 0 Å². The van der Waals surface area contributed by atoms with Crippen molar-refractivity contribution < 1.29 is 13.2 Å². The van der Waals surface area contributed by atoms with E-state index in [1.165, 1.54) is 13.8 Å². The standard InChI is InChI=1S/C20H18F3N/c1-19(2,20(21,22)23)13-14-8-10-18-16(12-14)9-11-17(24-18)15-6-4-3-5-7-15/h3-12H,13H2,1-2H3. The number of alkyl halides is 3. The van der Waals surface area contributed by atoms with Crippen LogP contribution in [0.15, 0.2) is 60.7 Å². The van der Waals surface area contributed by atoms with Crippen molar-refractivity contribution in [1.82, 2.24) is 4.98 Å². The SMILES string of the molecule is CC(C)(Cc1ccc2nc(-c3ccccc3)ccc2c1)C(F)(F)F. The quantitative estimate of drug-likeness (QED) is 0.571. The number of rotatable bonds is 3. The molecular formula is C20H18F3N. The summed E-state index contributed by atoms with van der Waals surface area (Å²) < 4.78 is 39.2. The molecule has 3 aromatic rings. The van der Waals surface area contributed by atoms with E-state index < -0.39 is 11.6 Å². The number of pyridine rings is 1. The third-order valence-electron chi connectivity index (χ3n) is 4.24. The summed E-state index contributed by atoms with van der Waals surface area (Å²) in [6.07, 6.45) is -4.27. The van der Waals surface area contributed by atoms with Gasteiger partial charge in [0.1, 0.15) is 0 Å². The predicted octanol–water partition coefficient (Wildman–Crippen LogP) is 6.03. The third-order valence-corrected chi connectivity index (χ3v) is 4.24. The van der Waals surface area contributed by atoms with Gasteiger partial charge in [0.15, 0.2) is 0 Å². The van der Waals surface area contributed by atoms with Gasteiger partial charge in [-0.05, 0) is 30.2 Å². The zero-order valence-corrected chi connectivity index (χ0v) is 13.6. The monoisotopic (exact) mass is 329 g/mol. The van der Waals surface area contributed by atoms with Gasteiger partial charge in [-0.15, -0.1) is 0 Å². The molecule has 0 spiro atoms. The molecule has 0 saturated heterocycles. The van der Waals surface area contributed by atoms with Gasteiger partial charge in [-0.1, -0.05) is 56.3 Å². The molecule has 2 aromatic carbocycles. The largest absolute Gasteiger partial charge is 0.394 e. The van der Waals surface area contributed by atoms with Crippen molar-refractivity contribution in [2.24, 2.45) is 5.41 Å². The highest BCUT2D eigenvalue weighted by Crippen LogP contribution is 2.40. The molecule has 24 heavy (non-hydrogen) atoms. The van der Waals surface area contributed by atoms with Crippen LogP contribution in [-0.2, 0) is 6.42 Å². The molecule has 1 nitrogen and oxygen atoms in total. The molecular weight excluding hydrogens is 311 g/mol. The molecule has 0 N–H and O–H groups in total. The average molecular weight is 329 g/mol. The zero-order valence-electron chi connectivity index (χ0n) is 13.6. The Hall–Kier alpha value is -2.36. The average Bonchev–Trinajstić information content (AvgIpc) is 2.54. The molecule has 0 aliphatic heterocycles. The van der Waals surface area contributed by atoms with E-state index in [1.807, 2.05) is 42.5 Å². The molecule has 1 aromatic heterocycles. The van der Waals surface area contributed by atoms with Gasteiger partial charge < -0.3 is 0 Å². The topological polar surface area (TPSA) is 12.9 Å². The summed E-state index contributed by atoms with van der Waals surface area (Å²) in [6.45, 7) is 2.46. The fourth-order valence-corrected chi connectivity index (χ4v) is 2.67. The maximum Gasteiger partial charge on any atom is 0.394 e. The van der Waals surface area contributed by atoms with Gasteiger partial charge in [0.05, 0.1) is 16.6 Å². The van der Waals surface area contributed by atoms with Crippen LogP contribution in [0.4, 0.5) is 13.2 Å². The summed E-state index contributed by atoms with van der Waals surface area (Å²) in [5.41, 5.74) is 1.56. The predicted molar refractivity (Wildman–Crippen MR) is 90.7 cm³/mol. The molecule has 0 aliphatic rings. The first-order valence-electron chi connectivity index (χ1n) is 7.78. The van der Waals surface area contributed by atoms with E-state index in [4.69, 9.17) is 0 Å². The molecule has 0 saturated carbocycles. The minimum Gasteiger partial charge on any atom is -0.248 e. The second kappa shape index (κ2) is 5.93. The van der Waals surface area contributed by atoms with Gasteiger partial charge in [-0.2, -0.15) is 13.2 Å². The van der Waals surface area contributed by atoms with Crippen LogP contribution >= 0.6 is 0 Å². The lowest BCUT2D eigenvalue weighted by Gasteiger charge is -2.27. The summed E-state index contributed by atoms with van der Waals surface area (Å²) in [5.74, 6) is 0. The van der Waals surface area contributed by atoms with E-state index in [0.717, 1.165) is 22.2 Å². The Kier molecular flexibility index (Phi) is 4.08. The van der Waals surface area contributed by atoms with Gasteiger partial charge in [-0.25, -0.2) is 4.98 Å². The van der Waals surface area contributed by atoms with Crippen LogP contribution in [-0.4, -0.2) is 11.2 Å². The van der Waals surface area contributed by atoms with Gasteiger partial charge in [-0.3, -0.25) is 0 Å². The van der Waals surface area contributed by atoms with Crippen molar-refractivity contribution in [2.75, 3.05) is 0 Å². The molecule has 0 amide bonds. The number of hydrogen-bond acceptors (Lipinski definition) is 1. The Morgan fingerprint density at radius 1 is 0.875 bits per heavy atom. The van der Waals surface area contributed by atoms with Crippen molar-refractivity contribution in [3.63, 3.8) is 0 Å². The Bertz CT molecular complexity index is 852. The first kappa shape index (κ1) is 16.5. The fraction of sp³-hybridized carbons (Fsp3) is 0.250. The van der Waals surface area contributed by atoms with Gasteiger partial charge in [0, 0.05) is 10.9 Å². The lowest BCUT2D eigenvalue weighted by atomic mass is 9.85. The highest BCUT2D eigenvalue weighted by atomic mass is 19.4. The highest BCUT2D eigenvalue weighted by molar-refractivity contribution is 5.82. The number of halogens is 3. The molecule has 3 rings (SSSR count). The van der Waals surface area contributed by atoms with Crippen LogP contribution < -0.4 is 0 Å². The molecule has 0 atom stereocenters. The first-order valence-corrected chi connectivity index (χ1v) is 7.78. The molecule has 0 bridgehead atoms. The molecule has 1 heterocycles. The number of benzene rings is 2. The number of aromatic nitrogens is 1. The molecule has 0 aliphatic carbocycles. The summed E-state index contributed by atoms with van der Waals surface area (Å²) >= 11 is 0. The van der Waals surface area contributed by atoms with E-state index in [1.54, 1.807) is 18.2 Å². The number of fused-ring (bicyclic) bond motifs is 1. The van der Waals surface area contributed by atoms with Crippen molar-refractivity contribution in [3.8, 4) is 11.3 Å². The van der Waals surface area contributed by atoms with Crippen molar-refractivity contribution in [1.29, 1.82) is 0 Å². The highest BCUT2D eigenvalue weighted by Gasteiger charge is 2.46. The lowest BCUT2D eigenvalue weighted by molar-refractivity contribution is -0.211. The number of nitrogens with zero attached hydrogens (tertiary/aromatic N) is 1. The van der Waals surface area contributed by atoms with Crippen LogP contribution in [0.3, 0.4) is 0 Å². The van der Waals surface area contributed by atoms with Crippen molar-refractivity contribution >= 4 is 10.9 Å². The van der Waals surface area contributed by atoms with Gasteiger partial charge in [0.25, 0.3) is 0 Å². The van der Waals surface area contributed by atoms with E-state index in [9.17, 15) is 13.2 Å². The molecule has 124 valence electrons. The first-order chi connectivity index (χ1) is 11.3. The van der Waals surface area contributed by atoms with E-state index in [-0.39, 0.29) is 6.42 Å². The molecule has 4 heteroatoms. The minimum absolute atomic E-state index is 0.0487. The lowest BCUT2D eigenvalue weighted by Crippen LogP contribution is -2.34. The van der Waals surface area contributed by atoms with Crippen LogP contribution in [0.1, 0.15) is 19.4 Å². The zero-order chi connectivity index (χ0) is 17.4. The minimum atomic E-state index is -4.22. The molecule has 0 radical (unpaired) electrons. The maximum atomic E-state index is 13.1. The Labute approximate surface area is 139 Å². The summed E-state index contributed by atoms with van der Waals surface area (Å²) in [7, 11) is 0. The second-order valence-corrected chi connectivity index (χ2v) is 6.65. The van der Waals surface area contributed by atoms with Crippen LogP contribution in [0.25, 0.3) is 22.2 Å². The van der Waals surface area contributed by atoms with Crippen molar-refractivity contribution in [2.45, 2.75) is 26.4 Å². The van der Waals surface area contributed by atoms with Crippen LogP contribution in [0, 0.1) is 5.41 Å². The summed E-state index contributed by atoms with van der Waals surface area (Å²) in [5, 5.41) is 0.852.